The van der Waals surface area contributed by atoms with Crippen molar-refractivity contribution in [3.63, 3.8) is 0 Å². The van der Waals surface area contributed by atoms with Crippen LogP contribution in [-0.2, 0) is 10.0 Å². The normalized spacial score (nSPS) is 12.6. The van der Waals surface area contributed by atoms with Gasteiger partial charge in [0.15, 0.2) is 0 Å². The van der Waals surface area contributed by atoms with E-state index in [1.54, 1.807) is 24.9 Å². The van der Waals surface area contributed by atoms with Gasteiger partial charge in [-0.3, -0.25) is 4.68 Å². The molecule has 0 radical (unpaired) electrons. The van der Waals surface area contributed by atoms with Gasteiger partial charge in [-0.1, -0.05) is 13.3 Å². The van der Waals surface area contributed by atoms with Crippen molar-refractivity contribution in [3.05, 3.63) is 11.9 Å². The Morgan fingerprint density at radius 1 is 1.44 bits per heavy atom. The van der Waals surface area contributed by atoms with Gasteiger partial charge >= 0.3 is 0 Å². The number of aromatic nitrogens is 2. The van der Waals surface area contributed by atoms with Gasteiger partial charge in [0.25, 0.3) is 0 Å². The second-order valence-corrected chi connectivity index (χ2v) is 6.85. The second-order valence-electron chi connectivity index (χ2n) is 4.83. The highest BCUT2D eigenvalue weighted by molar-refractivity contribution is 7.89. The Balaban J connectivity index is 3.04. The van der Waals surface area contributed by atoms with E-state index in [0.29, 0.717) is 17.1 Å². The highest BCUT2D eigenvalue weighted by Gasteiger charge is 2.25. The van der Waals surface area contributed by atoms with Gasteiger partial charge in [0.2, 0.25) is 10.0 Å². The van der Waals surface area contributed by atoms with Crippen LogP contribution in [0.3, 0.4) is 0 Å². The van der Waals surface area contributed by atoms with Crippen LogP contribution in [0.2, 0.25) is 0 Å². The lowest BCUT2D eigenvalue weighted by molar-refractivity contribution is 0.458. The number of hydrogen-bond donors (Lipinski definition) is 0. The van der Waals surface area contributed by atoms with Crippen LogP contribution < -0.4 is 0 Å². The molecule has 0 bridgehead atoms. The lowest BCUT2D eigenvalue weighted by Gasteiger charge is -2.15. The minimum atomic E-state index is -3.40. The highest BCUT2D eigenvalue weighted by atomic mass is 32.2. The maximum atomic E-state index is 12.4. The molecule has 1 heterocycles. The summed E-state index contributed by atoms with van der Waals surface area (Å²) in [6.45, 7) is 8.28. The van der Waals surface area contributed by atoms with E-state index in [1.807, 2.05) is 20.8 Å². The van der Waals surface area contributed by atoms with Crippen molar-refractivity contribution in [2.75, 3.05) is 13.6 Å². The summed E-state index contributed by atoms with van der Waals surface area (Å²) < 4.78 is 27.8. The fraction of sp³-hybridized carbons (Fsp3) is 0.750. The molecule has 0 N–H and O–H groups in total. The topological polar surface area (TPSA) is 55.2 Å². The van der Waals surface area contributed by atoms with Gasteiger partial charge in [-0.15, -0.1) is 0 Å². The van der Waals surface area contributed by atoms with Crippen molar-refractivity contribution >= 4 is 10.0 Å². The first-order valence-electron chi connectivity index (χ1n) is 6.32. The van der Waals surface area contributed by atoms with Crippen molar-refractivity contribution in [2.45, 2.75) is 51.5 Å². The molecule has 0 aromatic carbocycles. The minimum Gasteiger partial charge on any atom is -0.269 e. The summed E-state index contributed by atoms with van der Waals surface area (Å²) in [5.41, 5.74) is 0.562. The molecular weight excluding hydrogens is 250 g/mol. The third kappa shape index (κ3) is 3.11. The van der Waals surface area contributed by atoms with Gasteiger partial charge in [0, 0.05) is 25.8 Å². The first-order valence-corrected chi connectivity index (χ1v) is 7.76. The predicted octanol–water partition coefficient (Wildman–Crippen LogP) is 2.19. The standard InChI is InChI=1S/C12H23N3O2S/c1-6-7-8-14(5)18(16,17)12-9-15(10(2)3)13-11(12)4/h9-10H,6-8H2,1-5H3. The minimum absolute atomic E-state index is 0.161. The molecule has 6 heteroatoms. The van der Waals surface area contributed by atoms with Crippen molar-refractivity contribution < 1.29 is 8.42 Å². The molecule has 1 aromatic rings. The average Bonchev–Trinajstić information content (AvgIpc) is 2.68. The molecule has 0 aliphatic carbocycles. The first-order chi connectivity index (χ1) is 8.30. The molecule has 1 aromatic heterocycles. The van der Waals surface area contributed by atoms with E-state index >= 15 is 0 Å². The largest absolute Gasteiger partial charge is 0.269 e. The van der Waals surface area contributed by atoms with Gasteiger partial charge in [0.1, 0.15) is 4.90 Å². The van der Waals surface area contributed by atoms with Crippen LogP contribution in [0.4, 0.5) is 0 Å². The number of rotatable bonds is 6. The molecule has 1 rings (SSSR count). The number of aryl methyl sites for hydroxylation is 1. The van der Waals surface area contributed by atoms with Crippen molar-refractivity contribution in [3.8, 4) is 0 Å². The second kappa shape index (κ2) is 5.84. The monoisotopic (exact) mass is 273 g/mol. The van der Waals surface area contributed by atoms with Crippen LogP contribution in [0, 0.1) is 6.92 Å². The van der Waals surface area contributed by atoms with Gasteiger partial charge in [0.05, 0.1) is 5.69 Å². The molecule has 0 atom stereocenters. The molecular formula is C12H23N3O2S. The molecule has 5 nitrogen and oxygen atoms in total. The smallest absolute Gasteiger partial charge is 0.246 e. The van der Waals surface area contributed by atoms with Gasteiger partial charge in [-0.25, -0.2) is 12.7 Å². The van der Waals surface area contributed by atoms with Crippen LogP contribution in [0.1, 0.15) is 45.3 Å². The van der Waals surface area contributed by atoms with Crippen LogP contribution in [-0.4, -0.2) is 36.1 Å². The quantitative estimate of drug-likeness (QED) is 0.798. The lowest BCUT2D eigenvalue weighted by atomic mass is 10.3. The average molecular weight is 273 g/mol. The van der Waals surface area contributed by atoms with Crippen LogP contribution in [0.25, 0.3) is 0 Å². The Kier molecular flexibility index (Phi) is 4.92. The molecule has 0 aliphatic rings. The fourth-order valence-corrected chi connectivity index (χ4v) is 3.01. The number of unbranched alkanes of at least 4 members (excludes halogenated alkanes) is 1. The van der Waals surface area contributed by atoms with E-state index in [-0.39, 0.29) is 6.04 Å². The van der Waals surface area contributed by atoms with Gasteiger partial charge < -0.3 is 0 Å². The van der Waals surface area contributed by atoms with E-state index in [1.165, 1.54) is 4.31 Å². The molecule has 0 amide bonds. The zero-order chi connectivity index (χ0) is 13.9. The molecule has 18 heavy (non-hydrogen) atoms. The Morgan fingerprint density at radius 3 is 2.50 bits per heavy atom. The molecule has 0 unspecified atom stereocenters. The molecule has 0 aliphatic heterocycles. The number of hydrogen-bond acceptors (Lipinski definition) is 3. The number of sulfonamides is 1. The summed E-state index contributed by atoms with van der Waals surface area (Å²) in [6, 6.07) is 0.161. The van der Waals surface area contributed by atoms with E-state index in [2.05, 4.69) is 5.10 Å². The van der Waals surface area contributed by atoms with E-state index < -0.39 is 10.0 Å². The summed E-state index contributed by atoms with van der Waals surface area (Å²) in [7, 11) is -1.78. The zero-order valence-electron chi connectivity index (χ0n) is 11.8. The SMILES string of the molecule is CCCCN(C)S(=O)(=O)c1cn(C(C)C)nc1C. The van der Waals surface area contributed by atoms with Crippen molar-refractivity contribution in [1.82, 2.24) is 14.1 Å². The fourth-order valence-electron chi connectivity index (χ4n) is 1.65. The lowest BCUT2D eigenvalue weighted by Crippen LogP contribution is -2.28. The number of nitrogens with zero attached hydrogens (tertiary/aromatic N) is 3. The van der Waals surface area contributed by atoms with Crippen LogP contribution in [0.5, 0.6) is 0 Å². The maximum Gasteiger partial charge on any atom is 0.246 e. The molecule has 0 saturated carbocycles. The Bertz CT molecular complexity index is 491. The third-order valence-corrected chi connectivity index (χ3v) is 4.88. The van der Waals surface area contributed by atoms with Gasteiger partial charge in [-0.2, -0.15) is 5.10 Å². The molecule has 104 valence electrons. The summed E-state index contributed by atoms with van der Waals surface area (Å²) in [5, 5.41) is 4.25. The predicted molar refractivity (Wildman–Crippen MR) is 72.1 cm³/mol. The molecule has 0 saturated heterocycles. The summed E-state index contributed by atoms with van der Waals surface area (Å²) in [6.07, 6.45) is 3.47. The van der Waals surface area contributed by atoms with Gasteiger partial charge in [-0.05, 0) is 27.2 Å². The van der Waals surface area contributed by atoms with Crippen molar-refractivity contribution in [1.29, 1.82) is 0 Å². The third-order valence-electron chi connectivity index (χ3n) is 2.92. The van der Waals surface area contributed by atoms with Crippen LogP contribution >= 0.6 is 0 Å². The Morgan fingerprint density at radius 2 is 2.06 bits per heavy atom. The summed E-state index contributed by atoms with van der Waals surface area (Å²) in [4.78, 5) is 0.315. The van der Waals surface area contributed by atoms with Crippen LogP contribution in [0.15, 0.2) is 11.1 Å². The van der Waals surface area contributed by atoms with E-state index in [4.69, 9.17) is 0 Å². The molecule has 0 fully saturated rings. The summed E-state index contributed by atoms with van der Waals surface area (Å²) >= 11 is 0. The first kappa shape index (κ1) is 15.2. The highest BCUT2D eigenvalue weighted by Crippen LogP contribution is 2.19. The van der Waals surface area contributed by atoms with Crippen molar-refractivity contribution in [2.24, 2.45) is 0 Å². The Hall–Kier alpha value is -0.880. The Labute approximate surface area is 110 Å². The van der Waals surface area contributed by atoms with E-state index in [0.717, 1.165) is 12.8 Å². The maximum absolute atomic E-state index is 12.4. The zero-order valence-corrected chi connectivity index (χ0v) is 12.7. The summed E-state index contributed by atoms with van der Waals surface area (Å²) in [5.74, 6) is 0. The van der Waals surface area contributed by atoms with E-state index in [9.17, 15) is 8.42 Å². The molecule has 0 spiro atoms.